The first kappa shape index (κ1) is 5.17. The Labute approximate surface area is 61.6 Å². The zero-order valence-corrected chi connectivity index (χ0v) is 6.03. The van der Waals surface area contributed by atoms with Gasteiger partial charge in [0.05, 0.1) is 0 Å². The van der Waals surface area contributed by atoms with Crippen LogP contribution in [0.5, 0.6) is 0 Å². The molecule has 0 nitrogen and oxygen atoms in total. The molecule has 4 rings (SSSR count). The Kier molecular flexibility index (Phi) is 0.803. The van der Waals surface area contributed by atoms with Crippen molar-refractivity contribution in [3.8, 4) is 0 Å². The lowest BCUT2D eigenvalue weighted by Gasteiger charge is -2.47. The summed E-state index contributed by atoms with van der Waals surface area (Å²) in [6.07, 6.45) is 12.6. The normalized spacial score (nSPS) is 54.4. The standard InChI is InChI=1S/C10H12/c1-2-8-4-3-7(1)9-5-6-10(8)9/h1-2,5-10H,3-4H2. The molecule has 0 saturated heterocycles. The van der Waals surface area contributed by atoms with Gasteiger partial charge in [0.15, 0.2) is 0 Å². The van der Waals surface area contributed by atoms with Crippen LogP contribution in [0.25, 0.3) is 0 Å². The van der Waals surface area contributed by atoms with Crippen LogP contribution >= 0.6 is 0 Å². The van der Waals surface area contributed by atoms with Crippen molar-refractivity contribution in [3.05, 3.63) is 24.3 Å². The van der Waals surface area contributed by atoms with Crippen molar-refractivity contribution in [2.75, 3.05) is 0 Å². The number of hydrogen-bond acceptors (Lipinski definition) is 0. The molecule has 1 fully saturated rings. The molecule has 1 saturated carbocycles. The smallest absolute Gasteiger partial charge is 0.0102 e. The van der Waals surface area contributed by atoms with Crippen molar-refractivity contribution < 1.29 is 0 Å². The highest BCUT2D eigenvalue weighted by atomic mass is 14.5. The molecule has 0 aromatic rings. The van der Waals surface area contributed by atoms with E-state index in [2.05, 4.69) is 24.3 Å². The average molecular weight is 132 g/mol. The van der Waals surface area contributed by atoms with Gasteiger partial charge in [0, 0.05) is 0 Å². The Hall–Kier alpha value is -0.520. The summed E-state index contributed by atoms with van der Waals surface area (Å²) in [4.78, 5) is 0. The highest BCUT2D eigenvalue weighted by molar-refractivity contribution is 5.24. The molecule has 0 heteroatoms. The van der Waals surface area contributed by atoms with E-state index in [-0.39, 0.29) is 0 Å². The van der Waals surface area contributed by atoms with Gasteiger partial charge >= 0.3 is 0 Å². The highest BCUT2D eigenvalue weighted by Gasteiger charge is 2.41. The minimum atomic E-state index is 0.917. The lowest BCUT2D eigenvalue weighted by Crippen LogP contribution is -2.39. The molecule has 2 bridgehead atoms. The van der Waals surface area contributed by atoms with Crippen LogP contribution in [0.4, 0.5) is 0 Å². The van der Waals surface area contributed by atoms with E-state index in [1.807, 2.05) is 0 Å². The maximum atomic E-state index is 2.44. The molecule has 0 N–H and O–H groups in total. The summed E-state index contributed by atoms with van der Waals surface area (Å²) < 4.78 is 0. The first-order valence-electron chi connectivity index (χ1n) is 4.32. The summed E-state index contributed by atoms with van der Waals surface area (Å²) in [7, 11) is 0. The Morgan fingerprint density at radius 1 is 0.700 bits per heavy atom. The third-order valence-electron chi connectivity index (χ3n) is 3.43. The molecule has 4 aliphatic carbocycles. The Bertz CT molecular complexity index is 190. The third kappa shape index (κ3) is 0.448. The molecule has 0 heterocycles. The fourth-order valence-electron chi connectivity index (χ4n) is 2.73. The number of allylic oxidation sites excluding steroid dienone is 4. The second-order valence-electron chi connectivity index (χ2n) is 3.83. The maximum absolute atomic E-state index is 2.44. The van der Waals surface area contributed by atoms with Gasteiger partial charge < -0.3 is 0 Å². The zero-order chi connectivity index (χ0) is 6.55. The predicted molar refractivity (Wildman–Crippen MR) is 41.5 cm³/mol. The van der Waals surface area contributed by atoms with Gasteiger partial charge in [0.25, 0.3) is 0 Å². The van der Waals surface area contributed by atoms with Gasteiger partial charge in [-0.1, -0.05) is 24.3 Å². The van der Waals surface area contributed by atoms with E-state index < -0.39 is 0 Å². The van der Waals surface area contributed by atoms with Gasteiger partial charge in [-0.2, -0.15) is 0 Å². The van der Waals surface area contributed by atoms with Crippen LogP contribution in [0.2, 0.25) is 0 Å². The summed E-state index contributed by atoms with van der Waals surface area (Å²) in [6.45, 7) is 0. The summed E-state index contributed by atoms with van der Waals surface area (Å²) >= 11 is 0. The first-order chi connectivity index (χ1) is 4.95. The SMILES string of the molecule is C1=CC2CCC1C1C=CC21. The zero-order valence-electron chi connectivity index (χ0n) is 6.03. The van der Waals surface area contributed by atoms with Gasteiger partial charge in [0.1, 0.15) is 0 Å². The minimum Gasteiger partial charge on any atom is -0.0845 e. The number of rotatable bonds is 0. The first-order valence-corrected chi connectivity index (χ1v) is 4.32. The molecule has 0 radical (unpaired) electrons. The molecule has 0 amide bonds. The van der Waals surface area contributed by atoms with E-state index in [0.717, 1.165) is 23.7 Å². The molecule has 0 spiro atoms. The molecule has 0 aromatic heterocycles. The molecule has 0 aliphatic heterocycles. The van der Waals surface area contributed by atoms with Crippen LogP contribution in [-0.4, -0.2) is 0 Å². The van der Waals surface area contributed by atoms with E-state index in [1.54, 1.807) is 0 Å². The van der Waals surface area contributed by atoms with Crippen molar-refractivity contribution in [2.45, 2.75) is 12.8 Å². The third-order valence-corrected chi connectivity index (χ3v) is 3.43. The van der Waals surface area contributed by atoms with Crippen LogP contribution in [0.1, 0.15) is 12.8 Å². The lowest BCUT2D eigenvalue weighted by molar-refractivity contribution is 0.172. The molecule has 4 aliphatic rings. The van der Waals surface area contributed by atoms with Gasteiger partial charge in [0.2, 0.25) is 0 Å². The molecule has 4 unspecified atom stereocenters. The quantitative estimate of drug-likeness (QED) is 0.444. The van der Waals surface area contributed by atoms with E-state index >= 15 is 0 Å². The van der Waals surface area contributed by atoms with Gasteiger partial charge in [-0.3, -0.25) is 0 Å². The summed E-state index contributed by atoms with van der Waals surface area (Å²) in [6, 6.07) is 0. The van der Waals surface area contributed by atoms with Gasteiger partial charge in [-0.25, -0.2) is 0 Å². The fraction of sp³-hybridized carbons (Fsp3) is 0.600. The summed E-state index contributed by atoms with van der Waals surface area (Å²) in [5, 5.41) is 0. The Balaban J connectivity index is 2.05. The maximum Gasteiger partial charge on any atom is -0.0102 e. The fourth-order valence-corrected chi connectivity index (χ4v) is 2.73. The molecule has 0 aromatic carbocycles. The van der Waals surface area contributed by atoms with E-state index in [1.165, 1.54) is 12.8 Å². The number of fused-ring (bicyclic) bond motifs is 1. The largest absolute Gasteiger partial charge is 0.0845 e. The molecular formula is C10H12. The molecular weight excluding hydrogens is 120 g/mol. The number of hydrogen-bond donors (Lipinski definition) is 0. The molecule has 4 atom stereocenters. The van der Waals surface area contributed by atoms with E-state index in [0.29, 0.717) is 0 Å². The Morgan fingerprint density at radius 3 is 1.40 bits per heavy atom. The molecule has 52 valence electrons. The van der Waals surface area contributed by atoms with Crippen molar-refractivity contribution in [1.82, 2.24) is 0 Å². The monoisotopic (exact) mass is 132 g/mol. The molecule has 10 heavy (non-hydrogen) atoms. The van der Waals surface area contributed by atoms with Crippen molar-refractivity contribution >= 4 is 0 Å². The van der Waals surface area contributed by atoms with Crippen molar-refractivity contribution in [1.29, 1.82) is 0 Å². The lowest BCUT2D eigenvalue weighted by atomic mass is 9.58. The van der Waals surface area contributed by atoms with Crippen molar-refractivity contribution in [3.63, 3.8) is 0 Å². The van der Waals surface area contributed by atoms with Crippen LogP contribution < -0.4 is 0 Å². The van der Waals surface area contributed by atoms with Crippen LogP contribution in [-0.2, 0) is 0 Å². The topological polar surface area (TPSA) is 0 Å². The van der Waals surface area contributed by atoms with Crippen LogP contribution in [0.3, 0.4) is 0 Å². The van der Waals surface area contributed by atoms with E-state index in [4.69, 9.17) is 0 Å². The minimum absolute atomic E-state index is 0.917. The second-order valence-corrected chi connectivity index (χ2v) is 3.83. The summed E-state index contributed by atoms with van der Waals surface area (Å²) in [5.74, 6) is 3.73. The van der Waals surface area contributed by atoms with Crippen LogP contribution in [0.15, 0.2) is 24.3 Å². The second kappa shape index (κ2) is 1.55. The van der Waals surface area contributed by atoms with Gasteiger partial charge in [-0.15, -0.1) is 0 Å². The highest BCUT2D eigenvalue weighted by Crippen LogP contribution is 2.50. The Morgan fingerprint density at radius 2 is 1.20 bits per heavy atom. The average Bonchev–Trinajstić information content (AvgIpc) is 1.88. The van der Waals surface area contributed by atoms with Crippen molar-refractivity contribution in [2.24, 2.45) is 23.7 Å². The summed E-state index contributed by atoms with van der Waals surface area (Å²) in [5.41, 5.74) is 0. The van der Waals surface area contributed by atoms with Gasteiger partial charge in [-0.05, 0) is 36.5 Å². The van der Waals surface area contributed by atoms with Crippen LogP contribution in [0, 0.1) is 23.7 Å². The van der Waals surface area contributed by atoms with E-state index in [9.17, 15) is 0 Å². The predicted octanol–water partition coefficient (Wildman–Crippen LogP) is 2.38.